The molecule has 0 aliphatic rings. The summed E-state index contributed by atoms with van der Waals surface area (Å²) in [6.45, 7) is 3.19. The zero-order valence-electron chi connectivity index (χ0n) is 8.30. The molecule has 0 bridgehead atoms. The molecular formula is C10H12F2O2. The highest BCUT2D eigenvalue weighted by atomic mass is 19.3. The minimum Gasteiger partial charge on any atom is -0.298 e. The van der Waals surface area contributed by atoms with Gasteiger partial charge < -0.3 is 0 Å². The van der Waals surface area contributed by atoms with Crippen LogP contribution in [-0.2, 0) is 9.59 Å². The number of carbonyl (C=O) groups is 2. The predicted octanol–water partition coefficient (Wildman–Crippen LogP) is 2.30. The summed E-state index contributed by atoms with van der Waals surface area (Å²) in [5.74, 6) is -3.37. The highest BCUT2D eigenvalue weighted by Crippen LogP contribution is 2.22. The average molecular weight is 202 g/mol. The lowest BCUT2D eigenvalue weighted by Crippen LogP contribution is -2.10. The molecule has 0 amide bonds. The van der Waals surface area contributed by atoms with Crippen LogP contribution in [0, 0.1) is 0 Å². The van der Waals surface area contributed by atoms with Gasteiger partial charge in [-0.05, 0) is 25.5 Å². The Morgan fingerprint density at radius 3 is 2.00 bits per heavy atom. The van der Waals surface area contributed by atoms with Crippen LogP contribution in [0.2, 0.25) is 0 Å². The summed E-state index contributed by atoms with van der Waals surface area (Å²) in [6, 6.07) is 0. The third-order valence-corrected chi connectivity index (χ3v) is 1.74. The van der Waals surface area contributed by atoms with Crippen molar-refractivity contribution >= 4 is 12.1 Å². The Balaban J connectivity index is 4.85. The first kappa shape index (κ1) is 12.7. The minimum absolute atomic E-state index is 0.117. The van der Waals surface area contributed by atoms with E-state index in [1.807, 2.05) is 0 Å². The molecule has 0 rings (SSSR count). The second kappa shape index (κ2) is 4.79. The van der Waals surface area contributed by atoms with Gasteiger partial charge in [-0.1, -0.05) is 6.08 Å². The molecule has 0 aliphatic heterocycles. The number of ketones is 1. The van der Waals surface area contributed by atoms with Crippen molar-refractivity contribution < 1.29 is 18.4 Å². The van der Waals surface area contributed by atoms with Gasteiger partial charge in [0.15, 0.2) is 12.1 Å². The lowest BCUT2D eigenvalue weighted by Gasteiger charge is -2.09. The molecule has 0 aromatic carbocycles. The number of hydrogen-bond donors (Lipinski definition) is 0. The zero-order valence-corrected chi connectivity index (χ0v) is 8.30. The lowest BCUT2D eigenvalue weighted by molar-refractivity contribution is -0.115. The third-order valence-electron chi connectivity index (χ3n) is 1.74. The molecule has 0 aromatic heterocycles. The number of hydrogen-bond acceptors (Lipinski definition) is 2. The van der Waals surface area contributed by atoms with E-state index in [0.29, 0.717) is 6.29 Å². The molecule has 0 fully saturated rings. The predicted molar refractivity (Wildman–Crippen MR) is 49.2 cm³/mol. The van der Waals surface area contributed by atoms with E-state index in [9.17, 15) is 18.4 Å². The first-order valence-electron chi connectivity index (χ1n) is 4.02. The summed E-state index contributed by atoms with van der Waals surface area (Å²) in [5.41, 5.74) is -0.313. The average Bonchev–Trinajstić information content (AvgIpc) is 2.02. The number of aldehydes is 1. The first-order valence-corrected chi connectivity index (χ1v) is 4.02. The molecular weight excluding hydrogens is 190 g/mol. The number of carbonyl (C=O) groups excluding carboxylic acids is 2. The summed E-state index contributed by atoms with van der Waals surface area (Å²) in [6.07, 6.45) is 2.52. The van der Waals surface area contributed by atoms with Crippen molar-refractivity contribution in [1.82, 2.24) is 0 Å². The van der Waals surface area contributed by atoms with Crippen molar-refractivity contribution in [2.75, 3.05) is 0 Å². The van der Waals surface area contributed by atoms with Gasteiger partial charge >= 0.3 is 0 Å². The highest BCUT2D eigenvalue weighted by Gasteiger charge is 2.22. The van der Waals surface area contributed by atoms with Gasteiger partial charge in [-0.3, -0.25) is 9.59 Å². The Labute approximate surface area is 81.3 Å². The van der Waals surface area contributed by atoms with E-state index < -0.39 is 11.7 Å². The molecule has 4 heteroatoms. The molecule has 0 aliphatic carbocycles. The van der Waals surface area contributed by atoms with Gasteiger partial charge in [-0.2, -0.15) is 0 Å². The monoisotopic (exact) mass is 202 g/mol. The normalized spacial score (nSPS) is 14.1. The fourth-order valence-electron chi connectivity index (χ4n) is 0.601. The van der Waals surface area contributed by atoms with Crippen molar-refractivity contribution in [1.29, 1.82) is 0 Å². The van der Waals surface area contributed by atoms with E-state index in [4.69, 9.17) is 0 Å². The van der Waals surface area contributed by atoms with Gasteiger partial charge in [-0.25, -0.2) is 8.78 Å². The molecule has 0 spiro atoms. The van der Waals surface area contributed by atoms with Crippen LogP contribution < -0.4 is 0 Å². The molecule has 78 valence electrons. The van der Waals surface area contributed by atoms with E-state index in [2.05, 4.69) is 0 Å². The van der Waals surface area contributed by atoms with E-state index >= 15 is 0 Å². The summed E-state index contributed by atoms with van der Waals surface area (Å²) < 4.78 is 25.2. The molecule has 0 radical (unpaired) electrons. The molecule has 0 saturated heterocycles. The zero-order chi connectivity index (χ0) is 11.4. The molecule has 0 aromatic rings. The summed E-state index contributed by atoms with van der Waals surface area (Å²) in [4.78, 5) is 21.0. The maximum absolute atomic E-state index is 12.6. The van der Waals surface area contributed by atoms with Gasteiger partial charge in [0.05, 0.1) is 5.57 Å². The smallest absolute Gasteiger partial charge is 0.266 e. The van der Waals surface area contributed by atoms with Gasteiger partial charge in [-0.15, -0.1) is 0 Å². The number of alkyl halides is 2. The standard InChI is InChI=1S/C10H12F2O2/c1-7(10(3,11)12)4-5-9(6-13)8(2)14/h4-6H,1-3H3/b7-4+,9-5-. The number of halogens is 2. The van der Waals surface area contributed by atoms with Crippen LogP contribution in [0.15, 0.2) is 23.3 Å². The quantitative estimate of drug-likeness (QED) is 0.230. The van der Waals surface area contributed by atoms with Crippen LogP contribution >= 0.6 is 0 Å². The van der Waals surface area contributed by atoms with Gasteiger partial charge in [0.1, 0.15) is 0 Å². The van der Waals surface area contributed by atoms with E-state index in [1.54, 1.807) is 0 Å². The molecule has 0 heterocycles. The van der Waals surface area contributed by atoms with Crippen molar-refractivity contribution in [2.24, 2.45) is 0 Å². The van der Waals surface area contributed by atoms with E-state index in [1.165, 1.54) is 13.8 Å². The van der Waals surface area contributed by atoms with Gasteiger partial charge in [0, 0.05) is 6.92 Å². The van der Waals surface area contributed by atoms with Gasteiger partial charge in [0.2, 0.25) is 0 Å². The second-order valence-corrected chi connectivity index (χ2v) is 3.03. The molecule has 14 heavy (non-hydrogen) atoms. The van der Waals surface area contributed by atoms with Crippen molar-refractivity contribution in [3.05, 3.63) is 23.3 Å². The third kappa shape index (κ3) is 4.07. The van der Waals surface area contributed by atoms with Crippen LogP contribution in [0.4, 0.5) is 8.78 Å². The summed E-state index contributed by atoms with van der Waals surface area (Å²) in [7, 11) is 0. The number of rotatable bonds is 4. The maximum Gasteiger partial charge on any atom is 0.266 e. The largest absolute Gasteiger partial charge is 0.298 e. The number of Topliss-reactive ketones (excluding diaryl/α,β-unsaturated/α-hetero) is 1. The lowest BCUT2D eigenvalue weighted by atomic mass is 10.1. The van der Waals surface area contributed by atoms with Crippen LogP contribution in [0.25, 0.3) is 0 Å². The molecule has 0 saturated carbocycles. The minimum atomic E-state index is -2.93. The van der Waals surface area contributed by atoms with Gasteiger partial charge in [0.25, 0.3) is 5.92 Å². The molecule has 0 N–H and O–H groups in total. The fourth-order valence-corrected chi connectivity index (χ4v) is 0.601. The first-order chi connectivity index (χ1) is 6.29. The topological polar surface area (TPSA) is 34.1 Å². The maximum atomic E-state index is 12.6. The van der Waals surface area contributed by atoms with Crippen LogP contribution in [-0.4, -0.2) is 18.0 Å². The van der Waals surface area contributed by atoms with Crippen LogP contribution in [0.1, 0.15) is 20.8 Å². The Bertz CT molecular complexity index is 296. The van der Waals surface area contributed by atoms with E-state index in [0.717, 1.165) is 19.1 Å². The fraction of sp³-hybridized carbons (Fsp3) is 0.400. The van der Waals surface area contributed by atoms with Crippen LogP contribution in [0.5, 0.6) is 0 Å². The summed E-state index contributed by atoms with van der Waals surface area (Å²) in [5, 5.41) is 0. The van der Waals surface area contributed by atoms with Crippen molar-refractivity contribution in [2.45, 2.75) is 26.7 Å². The molecule has 0 unspecified atom stereocenters. The van der Waals surface area contributed by atoms with E-state index in [-0.39, 0.29) is 11.1 Å². The summed E-state index contributed by atoms with van der Waals surface area (Å²) >= 11 is 0. The van der Waals surface area contributed by atoms with Crippen LogP contribution in [0.3, 0.4) is 0 Å². The Morgan fingerprint density at radius 2 is 1.71 bits per heavy atom. The molecule has 2 nitrogen and oxygen atoms in total. The van der Waals surface area contributed by atoms with Crippen molar-refractivity contribution in [3.63, 3.8) is 0 Å². The Hall–Kier alpha value is -1.32. The highest BCUT2D eigenvalue weighted by molar-refractivity contribution is 6.10. The Morgan fingerprint density at radius 1 is 1.21 bits per heavy atom. The SMILES string of the molecule is CC(=O)/C(C=O)=C\C=C(/C)C(C)(F)F. The number of allylic oxidation sites excluding steroid dienone is 4. The second-order valence-electron chi connectivity index (χ2n) is 3.03. The Kier molecular flexibility index (Phi) is 4.34. The molecule has 0 atom stereocenters. The van der Waals surface area contributed by atoms with Crippen molar-refractivity contribution in [3.8, 4) is 0 Å².